The van der Waals surface area contributed by atoms with Crippen LogP contribution < -0.4 is 5.32 Å². The van der Waals surface area contributed by atoms with Crippen LogP contribution in [-0.2, 0) is 9.53 Å². The van der Waals surface area contributed by atoms with E-state index in [4.69, 9.17) is 4.74 Å². The highest BCUT2D eigenvalue weighted by atomic mass is 16.5. The van der Waals surface area contributed by atoms with Crippen LogP contribution in [0.4, 0.5) is 0 Å². The van der Waals surface area contributed by atoms with E-state index in [9.17, 15) is 4.79 Å². The van der Waals surface area contributed by atoms with Crippen LogP contribution in [0.3, 0.4) is 0 Å². The SMILES string of the molecule is O=C1CCC(C2CCCN2)O1. The van der Waals surface area contributed by atoms with Crippen LogP contribution in [0, 0.1) is 0 Å². The van der Waals surface area contributed by atoms with Crippen molar-refractivity contribution < 1.29 is 9.53 Å². The number of carbonyl (C=O) groups excluding carboxylic acids is 1. The zero-order chi connectivity index (χ0) is 7.68. The predicted octanol–water partition coefficient (Wildman–Crippen LogP) is 0.444. The van der Waals surface area contributed by atoms with Crippen molar-refractivity contribution >= 4 is 5.97 Å². The Morgan fingerprint density at radius 2 is 2.36 bits per heavy atom. The summed E-state index contributed by atoms with van der Waals surface area (Å²) in [6.07, 6.45) is 4.08. The van der Waals surface area contributed by atoms with Gasteiger partial charge in [-0.1, -0.05) is 0 Å². The van der Waals surface area contributed by atoms with Crippen LogP contribution in [0.15, 0.2) is 0 Å². The van der Waals surface area contributed by atoms with Crippen molar-refractivity contribution in [3.8, 4) is 0 Å². The molecule has 0 spiro atoms. The largest absolute Gasteiger partial charge is 0.461 e. The Balaban J connectivity index is 1.90. The Morgan fingerprint density at radius 1 is 1.45 bits per heavy atom. The lowest BCUT2D eigenvalue weighted by Gasteiger charge is -2.16. The molecule has 2 saturated heterocycles. The number of nitrogens with one attached hydrogen (secondary N) is 1. The molecule has 0 radical (unpaired) electrons. The quantitative estimate of drug-likeness (QED) is 0.558. The fourth-order valence-corrected chi connectivity index (χ4v) is 1.86. The highest BCUT2D eigenvalue weighted by Crippen LogP contribution is 2.21. The third kappa shape index (κ3) is 1.38. The van der Waals surface area contributed by atoms with Crippen LogP contribution in [0.25, 0.3) is 0 Å². The molecule has 0 aliphatic carbocycles. The van der Waals surface area contributed by atoms with E-state index in [1.54, 1.807) is 0 Å². The van der Waals surface area contributed by atoms with Crippen LogP contribution in [0.1, 0.15) is 25.7 Å². The minimum atomic E-state index is -0.0244. The Hall–Kier alpha value is -0.570. The summed E-state index contributed by atoms with van der Waals surface area (Å²) >= 11 is 0. The maximum atomic E-state index is 10.8. The molecule has 3 nitrogen and oxygen atoms in total. The van der Waals surface area contributed by atoms with E-state index in [1.807, 2.05) is 0 Å². The molecule has 0 aromatic heterocycles. The molecule has 2 fully saturated rings. The van der Waals surface area contributed by atoms with Crippen LogP contribution in [0.2, 0.25) is 0 Å². The van der Waals surface area contributed by atoms with Crippen molar-refractivity contribution in [3.63, 3.8) is 0 Å². The van der Waals surface area contributed by atoms with Gasteiger partial charge in [0.1, 0.15) is 6.10 Å². The molecule has 62 valence electrons. The molecule has 0 bridgehead atoms. The first-order valence-corrected chi connectivity index (χ1v) is 4.29. The summed E-state index contributed by atoms with van der Waals surface area (Å²) in [6.45, 7) is 1.08. The van der Waals surface area contributed by atoms with Gasteiger partial charge in [0.05, 0.1) is 0 Å². The monoisotopic (exact) mass is 155 g/mol. The van der Waals surface area contributed by atoms with Crippen molar-refractivity contribution in [2.45, 2.75) is 37.8 Å². The van der Waals surface area contributed by atoms with Crippen molar-refractivity contribution in [2.24, 2.45) is 0 Å². The number of rotatable bonds is 1. The maximum Gasteiger partial charge on any atom is 0.306 e. The maximum absolute atomic E-state index is 10.8. The lowest BCUT2D eigenvalue weighted by molar-refractivity contribution is -0.142. The molecule has 2 aliphatic heterocycles. The molecule has 0 saturated carbocycles. The Labute approximate surface area is 66.1 Å². The van der Waals surface area contributed by atoms with Crippen molar-refractivity contribution in [1.29, 1.82) is 0 Å². The average Bonchev–Trinajstić information content (AvgIpc) is 2.55. The minimum absolute atomic E-state index is 0.0244. The van der Waals surface area contributed by atoms with Crippen LogP contribution in [-0.4, -0.2) is 24.7 Å². The van der Waals surface area contributed by atoms with Gasteiger partial charge >= 0.3 is 5.97 Å². The van der Waals surface area contributed by atoms with Crippen molar-refractivity contribution in [3.05, 3.63) is 0 Å². The summed E-state index contributed by atoms with van der Waals surface area (Å²) in [4.78, 5) is 10.8. The molecule has 2 heterocycles. The third-order valence-electron chi connectivity index (χ3n) is 2.46. The van der Waals surface area contributed by atoms with Gasteiger partial charge in [0.25, 0.3) is 0 Å². The van der Waals surface area contributed by atoms with Gasteiger partial charge in [-0.3, -0.25) is 4.79 Å². The van der Waals surface area contributed by atoms with Gasteiger partial charge in [0, 0.05) is 12.5 Å². The molecule has 1 N–H and O–H groups in total. The first-order chi connectivity index (χ1) is 5.36. The predicted molar refractivity (Wildman–Crippen MR) is 40.1 cm³/mol. The smallest absolute Gasteiger partial charge is 0.306 e. The molecular weight excluding hydrogens is 142 g/mol. The molecule has 11 heavy (non-hydrogen) atoms. The van der Waals surface area contributed by atoms with E-state index >= 15 is 0 Å². The summed E-state index contributed by atoms with van der Waals surface area (Å²) in [5.41, 5.74) is 0. The van der Waals surface area contributed by atoms with E-state index in [0.717, 1.165) is 19.4 Å². The molecule has 0 aromatic rings. The number of ether oxygens (including phenoxy) is 1. The van der Waals surface area contributed by atoms with E-state index in [-0.39, 0.29) is 12.1 Å². The number of carbonyl (C=O) groups is 1. The highest BCUT2D eigenvalue weighted by Gasteiger charge is 2.32. The van der Waals surface area contributed by atoms with E-state index in [2.05, 4.69) is 5.32 Å². The van der Waals surface area contributed by atoms with Gasteiger partial charge in [-0.25, -0.2) is 0 Å². The standard InChI is InChI=1S/C8H13NO2/c10-8-4-3-7(11-8)6-2-1-5-9-6/h6-7,9H,1-5H2. The summed E-state index contributed by atoms with van der Waals surface area (Å²) in [5.74, 6) is -0.0244. The van der Waals surface area contributed by atoms with Gasteiger partial charge in [-0.15, -0.1) is 0 Å². The Bertz CT molecular complexity index is 163. The number of cyclic esters (lactones) is 1. The topological polar surface area (TPSA) is 38.3 Å². The van der Waals surface area contributed by atoms with E-state index in [0.29, 0.717) is 12.5 Å². The molecule has 2 aliphatic rings. The normalized spacial score (nSPS) is 37.6. The molecule has 3 heteroatoms. The van der Waals surface area contributed by atoms with Crippen molar-refractivity contribution in [2.75, 3.05) is 6.54 Å². The Morgan fingerprint density at radius 3 is 2.91 bits per heavy atom. The summed E-state index contributed by atoms with van der Waals surface area (Å²) in [5, 5.41) is 3.34. The molecule has 2 rings (SSSR count). The second-order valence-corrected chi connectivity index (χ2v) is 3.27. The van der Waals surface area contributed by atoms with E-state index < -0.39 is 0 Å². The fourth-order valence-electron chi connectivity index (χ4n) is 1.86. The van der Waals surface area contributed by atoms with Gasteiger partial charge in [-0.2, -0.15) is 0 Å². The minimum Gasteiger partial charge on any atom is -0.461 e. The first-order valence-electron chi connectivity index (χ1n) is 4.29. The lowest BCUT2D eigenvalue weighted by atomic mass is 10.1. The van der Waals surface area contributed by atoms with E-state index in [1.165, 1.54) is 6.42 Å². The van der Waals surface area contributed by atoms with Crippen LogP contribution >= 0.6 is 0 Å². The molecular formula is C8H13NO2. The van der Waals surface area contributed by atoms with Crippen LogP contribution in [0.5, 0.6) is 0 Å². The average molecular weight is 155 g/mol. The lowest BCUT2D eigenvalue weighted by Crippen LogP contribution is -2.34. The second-order valence-electron chi connectivity index (χ2n) is 3.27. The van der Waals surface area contributed by atoms with Gasteiger partial charge in [-0.05, 0) is 25.8 Å². The highest BCUT2D eigenvalue weighted by molar-refractivity contribution is 5.71. The zero-order valence-corrected chi connectivity index (χ0v) is 6.51. The third-order valence-corrected chi connectivity index (χ3v) is 2.46. The summed E-state index contributed by atoms with van der Waals surface area (Å²) < 4.78 is 5.14. The summed E-state index contributed by atoms with van der Waals surface area (Å²) in [7, 11) is 0. The second kappa shape index (κ2) is 2.81. The van der Waals surface area contributed by atoms with Gasteiger partial charge < -0.3 is 10.1 Å². The molecule has 0 amide bonds. The van der Waals surface area contributed by atoms with Crippen molar-refractivity contribution in [1.82, 2.24) is 5.32 Å². The van der Waals surface area contributed by atoms with Gasteiger partial charge in [0.15, 0.2) is 0 Å². The number of hydrogen-bond donors (Lipinski definition) is 1. The Kier molecular flexibility index (Phi) is 1.82. The first kappa shape index (κ1) is 7.10. The number of esters is 1. The zero-order valence-electron chi connectivity index (χ0n) is 6.51. The molecule has 2 unspecified atom stereocenters. The molecule has 2 atom stereocenters. The summed E-state index contributed by atoms with van der Waals surface area (Å²) in [6, 6.07) is 0.446. The fraction of sp³-hybridized carbons (Fsp3) is 0.875. The number of hydrogen-bond acceptors (Lipinski definition) is 3. The molecule has 0 aromatic carbocycles. The van der Waals surface area contributed by atoms with Gasteiger partial charge in [0.2, 0.25) is 0 Å².